The predicted octanol–water partition coefficient (Wildman–Crippen LogP) is 5.82. The zero-order chi connectivity index (χ0) is 18.2. The van der Waals surface area contributed by atoms with Crippen LogP contribution in [0.3, 0.4) is 0 Å². The van der Waals surface area contributed by atoms with Crippen molar-refractivity contribution in [3.05, 3.63) is 0 Å². The second kappa shape index (κ2) is 6.43. The second-order valence-corrected chi connectivity index (χ2v) is 10.8. The number of aliphatic hydroxyl groups is 1. The first kappa shape index (κ1) is 21.9. The van der Waals surface area contributed by atoms with Crippen molar-refractivity contribution in [3.63, 3.8) is 0 Å². The third kappa shape index (κ3) is 7.00. The topological polar surface area (TPSA) is 29.5 Å². The third-order valence-corrected chi connectivity index (χ3v) is 5.26. The number of rotatable bonds is 7. The molecule has 0 saturated heterocycles. The predicted molar refractivity (Wildman–Crippen MR) is 97.2 cm³/mol. The summed E-state index contributed by atoms with van der Waals surface area (Å²) in [6.45, 7) is 26.1. The molecule has 0 fully saturated rings. The Kier molecular flexibility index (Phi) is 6.41. The van der Waals surface area contributed by atoms with Crippen molar-refractivity contribution in [2.75, 3.05) is 0 Å². The molecule has 0 saturated carbocycles. The van der Waals surface area contributed by atoms with Gasteiger partial charge in [-0.15, -0.1) is 0 Å². The molecule has 0 aromatic carbocycles. The van der Waals surface area contributed by atoms with Crippen LogP contribution in [0.4, 0.5) is 0 Å². The molecule has 1 unspecified atom stereocenters. The monoisotopic (exact) mass is 314 g/mol. The fourth-order valence-corrected chi connectivity index (χ4v) is 3.66. The maximum atomic E-state index is 10.1. The van der Waals surface area contributed by atoms with Crippen LogP contribution in [0.1, 0.15) is 95.9 Å². The molecule has 0 aliphatic carbocycles. The fourth-order valence-electron chi connectivity index (χ4n) is 3.66. The summed E-state index contributed by atoms with van der Waals surface area (Å²) in [6.07, 6.45) is 1.86. The minimum Gasteiger partial charge on any atom is -0.390 e. The maximum Gasteiger partial charge on any atom is 0.0635 e. The summed E-state index contributed by atoms with van der Waals surface area (Å²) >= 11 is 0. The molecule has 0 amide bonds. The Hall–Kier alpha value is -0.0800. The van der Waals surface area contributed by atoms with E-state index in [1.165, 1.54) is 0 Å². The molecular weight excluding hydrogens is 272 g/mol. The Morgan fingerprint density at radius 2 is 1.18 bits per heavy atom. The molecule has 134 valence electrons. The summed E-state index contributed by atoms with van der Waals surface area (Å²) in [5.41, 5.74) is -0.546. The fraction of sp³-hybridized carbons (Fsp3) is 1.00. The summed E-state index contributed by atoms with van der Waals surface area (Å²) in [5, 5.41) is 10.1. The van der Waals surface area contributed by atoms with Crippen molar-refractivity contribution in [3.8, 4) is 0 Å². The van der Waals surface area contributed by atoms with Crippen LogP contribution in [-0.4, -0.2) is 22.4 Å². The van der Waals surface area contributed by atoms with Gasteiger partial charge in [-0.1, -0.05) is 48.5 Å². The summed E-state index contributed by atoms with van der Waals surface area (Å²) in [5.74, 6) is 0. The minimum atomic E-state index is -0.643. The molecule has 0 aliphatic rings. The van der Waals surface area contributed by atoms with Gasteiger partial charge in [-0.05, 0) is 63.7 Å². The van der Waals surface area contributed by atoms with Crippen molar-refractivity contribution in [1.29, 1.82) is 0 Å². The highest BCUT2D eigenvalue weighted by Gasteiger charge is 2.42. The van der Waals surface area contributed by atoms with Gasteiger partial charge in [0.15, 0.2) is 0 Å². The highest BCUT2D eigenvalue weighted by atomic mass is 16.5. The standard InChI is InChI=1S/C20H42O2/c1-15(20(11,12)16(2,3)4)22-19(9,10)14-17(5,6)13-18(7,8)21/h15,21H,13-14H2,1-12H3. The Bertz CT molecular complexity index is 351. The normalized spacial score (nSPS) is 16.8. The van der Waals surface area contributed by atoms with E-state index < -0.39 is 5.60 Å². The molecule has 1 N–H and O–H groups in total. The lowest BCUT2D eigenvalue weighted by Gasteiger charge is -2.47. The van der Waals surface area contributed by atoms with Crippen molar-refractivity contribution < 1.29 is 9.84 Å². The van der Waals surface area contributed by atoms with E-state index in [0.29, 0.717) is 0 Å². The molecular formula is C20H42O2. The molecule has 0 bridgehead atoms. The average Bonchev–Trinajstić information content (AvgIpc) is 2.07. The maximum absolute atomic E-state index is 10.1. The van der Waals surface area contributed by atoms with Crippen LogP contribution in [0.2, 0.25) is 0 Å². The van der Waals surface area contributed by atoms with E-state index >= 15 is 0 Å². The van der Waals surface area contributed by atoms with Crippen molar-refractivity contribution in [2.24, 2.45) is 16.2 Å². The van der Waals surface area contributed by atoms with E-state index in [9.17, 15) is 5.11 Å². The molecule has 22 heavy (non-hydrogen) atoms. The summed E-state index contributed by atoms with van der Waals surface area (Å²) < 4.78 is 6.50. The Labute approximate surface area is 140 Å². The van der Waals surface area contributed by atoms with Gasteiger partial charge < -0.3 is 9.84 Å². The lowest BCUT2D eigenvalue weighted by Crippen LogP contribution is -2.46. The first-order valence-electron chi connectivity index (χ1n) is 8.69. The highest BCUT2D eigenvalue weighted by Crippen LogP contribution is 2.45. The molecule has 0 spiro atoms. The van der Waals surface area contributed by atoms with E-state index in [0.717, 1.165) is 12.8 Å². The van der Waals surface area contributed by atoms with Crippen molar-refractivity contribution >= 4 is 0 Å². The van der Waals surface area contributed by atoms with Gasteiger partial charge in [-0.3, -0.25) is 0 Å². The first-order valence-corrected chi connectivity index (χ1v) is 8.69. The first-order chi connectivity index (χ1) is 9.29. The molecule has 0 heterocycles. The SMILES string of the molecule is CC(OC(C)(C)CC(C)(C)CC(C)(C)O)C(C)(C)C(C)(C)C. The zero-order valence-electron chi connectivity index (χ0n) is 17.3. The minimum absolute atomic E-state index is 0.0351. The van der Waals surface area contributed by atoms with Crippen molar-refractivity contribution in [2.45, 2.75) is 113 Å². The highest BCUT2D eigenvalue weighted by molar-refractivity contribution is 4.91. The van der Waals surface area contributed by atoms with E-state index in [-0.39, 0.29) is 27.9 Å². The van der Waals surface area contributed by atoms with Gasteiger partial charge in [-0.2, -0.15) is 0 Å². The number of ether oxygens (including phenoxy) is 1. The van der Waals surface area contributed by atoms with Crippen molar-refractivity contribution in [1.82, 2.24) is 0 Å². The molecule has 0 rings (SSSR count). The average molecular weight is 315 g/mol. The lowest BCUT2D eigenvalue weighted by atomic mass is 9.66. The number of hydrogen-bond acceptors (Lipinski definition) is 2. The molecule has 0 radical (unpaired) electrons. The van der Waals surface area contributed by atoms with Gasteiger partial charge in [0, 0.05) is 0 Å². The number of hydrogen-bond donors (Lipinski definition) is 1. The quantitative estimate of drug-likeness (QED) is 0.641. The second-order valence-electron chi connectivity index (χ2n) is 10.8. The van der Waals surface area contributed by atoms with Gasteiger partial charge in [0.2, 0.25) is 0 Å². The van der Waals surface area contributed by atoms with Gasteiger partial charge in [0.1, 0.15) is 0 Å². The third-order valence-electron chi connectivity index (χ3n) is 5.26. The van der Waals surface area contributed by atoms with Gasteiger partial charge in [0.25, 0.3) is 0 Å². The molecule has 0 aromatic heterocycles. The molecule has 0 aromatic rings. The van der Waals surface area contributed by atoms with E-state index in [1.807, 2.05) is 13.8 Å². The van der Waals surface area contributed by atoms with Crippen LogP contribution in [0.5, 0.6) is 0 Å². The Morgan fingerprint density at radius 3 is 1.50 bits per heavy atom. The Balaban J connectivity index is 4.98. The Morgan fingerprint density at radius 1 is 0.773 bits per heavy atom. The van der Waals surface area contributed by atoms with Crippen LogP contribution in [-0.2, 0) is 4.74 Å². The lowest BCUT2D eigenvalue weighted by molar-refractivity contribution is -0.152. The summed E-state index contributed by atoms with van der Waals surface area (Å²) in [7, 11) is 0. The molecule has 2 nitrogen and oxygen atoms in total. The zero-order valence-corrected chi connectivity index (χ0v) is 17.3. The van der Waals surface area contributed by atoms with E-state index in [4.69, 9.17) is 4.74 Å². The molecule has 0 aliphatic heterocycles. The van der Waals surface area contributed by atoms with Crippen LogP contribution in [0, 0.1) is 16.2 Å². The van der Waals surface area contributed by atoms with Crippen LogP contribution < -0.4 is 0 Å². The summed E-state index contributed by atoms with van der Waals surface area (Å²) in [6, 6.07) is 0. The van der Waals surface area contributed by atoms with Crippen LogP contribution >= 0.6 is 0 Å². The van der Waals surface area contributed by atoms with E-state index in [2.05, 4.69) is 69.2 Å². The van der Waals surface area contributed by atoms with Gasteiger partial charge in [0.05, 0.1) is 17.3 Å². The van der Waals surface area contributed by atoms with Crippen LogP contribution in [0.25, 0.3) is 0 Å². The summed E-state index contributed by atoms with van der Waals surface area (Å²) in [4.78, 5) is 0. The smallest absolute Gasteiger partial charge is 0.0635 e. The largest absolute Gasteiger partial charge is 0.390 e. The van der Waals surface area contributed by atoms with Crippen LogP contribution in [0.15, 0.2) is 0 Å². The van der Waals surface area contributed by atoms with E-state index in [1.54, 1.807) is 0 Å². The molecule has 1 atom stereocenters. The molecule has 2 heteroatoms. The van der Waals surface area contributed by atoms with Gasteiger partial charge >= 0.3 is 0 Å². The van der Waals surface area contributed by atoms with Gasteiger partial charge in [-0.25, -0.2) is 0 Å².